The highest BCUT2D eigenvalue weighted by Gasteiger charge is 2.21. The minimum Gasteiger partial charge on any atom is -0.507 e. The molecule has 124 valence electrons. The molecule has 1 N–H and O–H groups in total. The van der Waals surface area contributed by atoms with Crippen LogP contribution in [-0.4, -0.2) is 5.11 Å². The van der Waals surface area contributed by atoms with Crippen LogP contribution in [0.2, 0.25) is 0 Å². The lowest BCUT2D eigenvalue weighted by atomic mass is 9.79. The number of phenols is 1. The smallest absolute Gasteiger partial charge is 0.123 e. The van der Waals surface area contributed by atoms with Gasteiger partial charge in [-0.05, 0) is 47.4 Å². The Hall–Kier alpha value is -1.76. The minimum atomic E-state index is 0.0955. The summed E-state index contributed by atoms with van der Waals surface area (Å²) in [5.41, 5.74) is 5.90. The van der Waals surface area contributed by atoms with Crippen LogP contribution in [0.25, 0.3) is 11.1 Å². The summed E-state index contributed by atoms with van der Waals surface area (Å²) in [5, 5.41) is 10.7. The Morgan fingerprint density at radius 1 is 1.00 bits per heavy atom. The molecule has 0 unspecified atom stereocenters. The number of benzene rings is 2. The molecule has 0 aromatic heterocycles. The van der Waals surface area contributed by atoms with Gasteiger partial charge in [0.1, 0.15) is 5.75 Å². The molecule has 0 bridgehead atoms. The van der Waals surface area contributed by atoms with E-state index < -0.39 is 0 Å². The Morgan fingerprint density at radius 2 is 1.70 bits per heavy atom. The van der Waals surface area contributed by atoms with E-state index in [-0.39, 0.29) is 5.41 Å². The Morgan fingerprint density at radius 3 is 2.26 bits per heavy atom. The first-order valence-corrected chi connectivity index (χ1v) is 8.70. The monoisotopic (exact) mass is 310 g/mol. The average molecular weight is 310 g/mol. The summed E-state index contributed by atoms with van der Waals surface area (Å²) in [6.07, 6.45) is 2.26. The van der Waals surface area contributed by atoms with Gasteiger partial charge in [-0.25, -0.2) is 0 Å². The van der Waals surface area contributed by atoms with Crippen LogP contribution >= 0.6 is 0 Å². The summed E-state index contributed by atoms with van der Waals surface area (Å²) in [7, 11) is 0. The molecular formula is C22H30O. The number of aromatic hydroxyl groups is 1. The van der Waals surface area contributed by atoms with E-state index in [1.54, 1.807) is 0 Å². The molecule has 0 radical (unpaired) electrons. The molecule has 2 rings (SSSR count). The summed E-state index contributed by atoms with van der Waals surface area (Å²) >= 11 is 0. The largest absolute Gasteiger partial charge is 0.507 e. The molecular weight excluding hydrogens is 280 g/mol. The third-order valence-electron chi connectivity index (χ3n) is 4.78. The van der Waals surface area contributed by atoms with E-state index in [9.17, 15) is 5.11 Å². The van der Waals surface area contributed by atoms with Gasteiger partial charge in [-0.3, -0.25) is 0 Å². The molecule has 0 spiro atoms. The molecule has 2 aromatic carbocycles. The maximum Gasteiger partial charge on any atom is 0.123 e. The Kier molecular flexibility index (Phi) is 5.19. The van der Waals surface area contributed by atoms with E-state index in [0.29, 0.717) is 11.7 Å². The average Bonchev–Trinajstić information content (AvgIpc) is 2.46. The summed E-state index contributed by atoms with van der Waals surface area (Å²) in [4.78, 5) is 0. The van der Waals surface area contributed by atoms with Gasteiger partial charge in [-0.2, -0.15) is 0 Å². The van der Waals surface area contributed by atoms with Crippen molar-refractivity contribution < 1.29 is 5.11 Å². The Labute approximate surface area is 141 Å². The predicted octanol–water partition coefficient (Wildman–Crippen LogP) is 6.57. The summed E-state index contributed by atoms with van der Waals surface area (Å²) in [5.74, 6) is 0.820. The number of rotatable bonds is 5. The molecule has 1 heteroatoms. The Balaban J connectivity index is 2.53. The molecule has 23 heavy (non-hydrogen) atoms. The van der Waals surface area contributed by atoms with Crippen molar-refractivity contribution in [3.63, 3.8) is 0 Å². The summed E-state index contributed by atoms with van der Waals surface area (Å²) in [6.45, 7) is 13.2. The van der Waals surface area contributed by atoms with Crippen LogP contribution in [0.5, 0.6) is 5.75 Å². The highest BCUT2D eigenvalue weighted by atomic mass is 16.3. The number of aryl methyl sites for hydroxylation is 1. The van der Waals surface area contributed by atoms with Crippen LogP contribution in [0.15, 0.2) is 36.4 Å². The second-order valence-corrected chi connectivity index (χ2v) is 7.61. The third kappa shape index (κ3) is 3.77. The first-order chi connectivity index (χ1) is 10.8. The third-order valence-corrected chi connectivity index (χ3v) is 4.78. The molecule has 0 aliphatic rings. The van der Waals surface area contributed by atoms with Gasteiger partial charge in [0.2, 0.25) is 0 Å². The van der Waals surface area contributed by atoms with E-state index in [1.165, 1.54) is 16.7 Å². The fourth-order valence-electron chi connectivity index (χ4n) is 3.36. The zero-order valence-electron chi connectivity index (χ0n) is 15.4. The lowest BCUT2D eigenvalue weighted by molar-refractivity contribution is 0.455. The predicted molar refractivity (Wildman–Crippen MR) is 100 cm³/mol. The van der Waals surface area contributed by atoms with E-state index in [1.807, 2.05) is 6.07 Å². The first-order valence-electron chi connectivity index (χ1n) is 8.70. The van der Waals surface area contributed by atoms with Crippen molar-refractivity contribution in [2.75, 3.05) is 0 Å². The zero-order chi connectivity index (χ0) is 17.2. The second-order valence-electron chi connectivity index (χ2n) is 7.61. The van der Waals surface area contributed by atoms with Gasteiger partial charge < -0.3 is 5.11 Å². The van der Waals surface area contributed by atoms with Crippen molar-refractivity contribution in [3.05, 3.63) is 53.1 Å². The SMILES string of the molecule is CCCC(C)(C)c1ccc(-c2cc(C)ccc2C(C)C)c(O)c1. The molecule has 0 atom stereocenters. The van der Waals surface area contributed by atoms with Gasteiger partial charge in [0.15, 0.2) is 0 Å². The van der Waals surface area contributed by atoms with Crippen molar-refractivity contribution in [2.24, 2.45) is 0 Å². The van der Waals surface area contributed by atoms with Crippen molar-refractivity contribution in [1.82, 2.24) is 0 Å². The normalized spacial score (nSPS) is 12.0. The lowest BCUT2D eigenvalue weighted by Gasteiger charge is -2.25. The second kappa shape index (κ2) is 6.78. The highest BCUT2D eigenvalue weighted by molar-refractivity contribution is 5.74. The maximum atomic E-state index is 10.7. The molecule has 1 nitrogen and oxygen atoms in total. The first kappa shape index (κ1) is 17.6. The summed E-state index contributed by atoms with van der Waals surface area (Å²) < 4.78 is 0. The van der Waals surface area contributed by atoms with Gasteiger partial charge in [0.25, 0.3) is 0 Å². The van der Waals surface area contributed by atoms with E-state index in [4.69, 9.17) is 0 Å². The topological polar surface area (TPSA) is 20.2 Å². The molecule has 0 fully saturated rings. The molecule has 0 amide bonds. The molecule has 0 saturated heterocycles. The van der Waals surface area contributed by atoms with Crippen LogP contribution < -0.4 is 0 Å². The summed E-state index contributed by atoms with van der Waals surface area (Å²) in [6, 6.07) is 12.7. The quantitative estimate of drug-likeness (QED) is 0.662. The molecule has 0 saturated carbocycles. The van der Waals surface area contributed by atoms with Gasteiger partial charge in [0, 0.05) is 5.56 Å². The van der Waals surface area contributed by atoms with Crippen LogP contribution in [0.4, 0.5) is 0 Å². The molecule has 0 aliphatic heterocycles. The molecule has 0 aliphatic carbocycles. The lowest BCUT2D eigenvalue weighted by Crippen LogP contribution is -2.16. The van der Waals surface area contributed by atoms with Crippen LogP contribution in [0.1, 0.15) is 70.1 Å². The zero-order valence-corrected chi connectivity index (χ0v) is 15.4. The number of hydrogen-bond donors (Lipinski definition) is 1. The van der Waals surface area contributed by atoms with Crippen LogP contribution in [0, 0.1) is 6.92 Å². The van der Waals surface area contributed by atoms with Crippen molar-refractivity contribution in [1.29, 1.82) is 0 Å². The molecule has 0 heterocycles. The highest BCUT2D eigenvalue weighted by Crippen LogP contribution is 2.39. The van der Waals surface area contributed by atoms with Gasteiger partial charge in [-0.15, -0.1) is 0 Å². The van der Waals surface area contributed by atoms with Crippen molar-refractivity contribution in [2.45, 2.75) is 65.7 Å². The number of phenolic OH excluding ortho intramolecular Hbond substituents is 1. The standard InChI is InChI=1S/C22H30O/c1-7-12-22(5,6)17-9-11-19(21(23)14-17)20-13-16(4)8-10-18(20)15(2)3/h8-11,13-15,23H,7,12H2,1-6H3. The van der Waals surface area contributed by atoms with E-state index >= 15 is 0 Å². The van der Waals surface area contributed by atoms with Crippen molar-refractivity contribution >= 4 is 0 Å². The van der Waals surface area contributed by atoms with E-state index in [0.717, 1.165) is 24.0 Å². The van der Waals surface area contributed by atoms with Gasteiger partial charge in [0.05, 0.1) is 0 Å². The maximum absolute atomic E-state index is 10.7. The number of hydrogen-bond acceptors (Lipinski definition) is 1. The fourth-order valence-corrected chi connectivity index (χ4v) is 3.36. The van der Waals surface area contributed by atoms with Crippen LogP contribution in [-0.2, 0) is 5.41 Å². The van der Waals surface area contributed by atoms with E-state index in [2.05, 4.69) is 71.9 Å². The van der Waals surface area contributed by atoms with Crippen molar-refractivity contribution in [3.8, 4) is 16.9 Å². The van der Waals surface area contributed by atoms with Gasteiger partial charge in [-0.1, -0.05) is 76.9 Å². The van der Waals surface area contributed by atoms with Gasteiger partial charge >= 0.3 is 0 Å². The van der Waals surface area contributed by atoms with Crippen LogP contribution in [0.3, 0.4) is 0 Å². The minimum absolute atomic E-state index is 0.0955. The molecule has 2 aromatic rings. The Bertz CT molecular complexity index is 680. The fraction of sp³-hybridized carbons (Fsp3) is 0.455.